The van der Waals surface area contributed by atoms with Crippen LogP contribution in [0.2, 0.25) is 5.02 Å². The Balaban J connectivity index is 1.56. The van der Waals surface area contributed by atoms with Crippen LogP contribution in [0.1, 0.15) is 16.7 Å². The molecule has 0 atom stereocenters. The summed E-state index contributed by atoms with van der Waals surface area (Å²) < 4.78 is 0. The molecule has 3 aromatic rings. The Morgan fingerprint density at radius 2 is 1.88 bits per heavy atom. The number of hydrogen-bond donors (Lipinski definition) is 2. The molecule has 0 aromatic heterocycles. The zero-order valence-electron chi connectivity index (χ0n) is 13.2. The summed E-state index contributed by atoms with van der Waals surface area (Å²) in [5.41, 5.74) is 11.0. The maximum absolute atomic E-state index is 6.08. The van der Waals surface area contributed by atoms with Crippen LogP contribution in [0.15, 0.2) is 59.6 Å². The Bertz CT molecular complexity index is 930. The van der Waals surface area contributed by atoms with Crippen LogP contribution in [0.5, 0.6) is 0 Å². The Labute approximate surface area is 146 Å². The SMILES string of the molecule is NC(=NCc1ccc(Cl)cc1)Nc1ccc2cccc3c2c1CC3. The number of aliphatic imine (C=N–C) groups is 1. The van der Waals surface area contributed by atoms with Crippen molar-refractivity contribution in [2.24, 2.45) is 10.7 Å². The van der Waals surface area contributed by atoms with Gasteiger partial charge >= 0.3 is 0 Å². The van der Waals surface area contributed by atoms with Crippen molar-refractivity contribution in [3.8, 4) is 0 Å². The quantitative estimate of drug-likeness (QED) is 0.546. The van der Waals surface area contributed by atoms with Crippen molar-refractivity contribution >= 4 is 34.0 Å². The number of nitrogens with zero attached hydrogens (tertiary/aromatic N) is 1. The van der Waals surface area contributed by atoms with Crippen LogP contribution in [-0.4, -0.2) is 5.96 Å². The zero-order chi connectivity index (χ0) is 16.5. The molecule has 24 heavy (non-hydrogen) atoms. The summed E-state index contributed by atoms with van der Waals surface area (Å²) in [6.45, 7) is 0.532. The molecule has 120 valence electrons. The molecule has 0 spiro atoms. The van der Waals surface area contributed by atoms with Gasteiger partial charge < -0.3 is 11.1 Å². The molecule has 3 nitrogen and oxygen atoms in total. The molecule has 0 saturated carbocycles. The minimum absolute atomic E-state index is 0.435. The molecule has 1 aliphatic rings. The maximum atomic E-state index is 6.08. The minimum atomic E-state index is 0.435. The van der Waals surface area contributed by atoms with E-state index in [0.717, 1.165) is 29.1 Å². The summed E-state index contributed by atoms with van der Waals surface area (Å²) in [6, 6.07) is 18.4. The van der Waals surface area contributed by atoms with E-state index in [1.165, 1.54) is 21.9 Å². The molecule has 4 heteroatoms. The normalized spacial score (nSPS) is 13.5. The Morgan fingerprint density at radius 1 is 1.04 bits per heavy atom. The van der Waals surface area contributed by atoms with E-state index in [1.54, 1.807) is 0 Å². The third-order valence-corrected chi connectivity index (χ3v) is 4.74. The van der Waals surface area contributed by atoms with Crippen LogP contribution in [-0.2, 0) is 19.4 Å². The molecule has 3 N–H and O–H groups in total. The van der Waals surface area contributed by atoms with Gasteiger partial charge in [-0.3, -0.25) is 0 Å². The summed E-state index contributed by atoms with van der Waals surface area (Å²) in [7, 11) is 0. The summed E-state index contributed by atoms with van der Waals surface area (Å²) in [5.74, 6) is 0.435. The zero-order valence-corrected chi connectivity index (χ0v) is 14.0. The van der Waals surface area contributed by atoms with Gasteiger partial charge in [0.15, 0.2) is 5.96 Å². The van der Waals surface area contributed by atoms with Gasteiger partial charge in [0.05, 0.1) is 6.54 Å². The number of nitrogens with two attached hydrogens (primary N) is 1. The van der Waals surface area contributed by atoms with Gasteiger partial charge in [-0.1, -0.05) is 48.0 Å². The smallest absolute Gasteiger partial charge is 0.193 e. The van der Waals surface area contributed by atoms with Crippen LogP contribution < -0.4 is 11.1 Å². The average molecular weight is 336 g/mol. The first-order valence-corrected chi connectivity index (χ1v) is 8.43. The number of anilines is 1. The van der Waals surface area contributed by atoms with Crippen molar-refractivity contribution in [2.75, 3.05) is 5.32 Å². The Kier molecular flexibility index (Phi) is 3.87. The molecular weight excluding hydrogens is 318 g/mol. The second-order valence-corrected chi connectivity index (χ2v) is 6.50. The lowest BCUT2D eigenvalue weighted by molar-refractivity contribution is 1.02. The van der Waals surface area contributed by atoms with E-state index in [9.17, 15) is 0 Å². The van der Waals surface area contributed by atoms with Crippen LogP contribution in [0.3, 0.4) is 0 Å². The number of aryl methyl sites for hydroxylation is 2. The van der Waals surface area contributed by atoms with Crippen LogP contribution in [0, 0.1) is 0 Å². The average Bonchev–Trinajstić information content (AvgIpc) is 3.03. The highest BCUT2D eigenvalue weighted by atomic mass is 35.5. The highest BCUT2D eigenvalue weighted by molar-refractivity contribution is 6.30. The standard InChI is InChI=1S/C20H18ClN3/c21-16-8-4-13(5-9-16)12-23-20(22)24-18-11-7-15-3-1-2-14-6-10-17(18)19(14)15/h1-5,7-9,11H,6,10,12H2,(H3,22,23,24). The highest BCUT2D eigenvalue weighted by Gasteiger charge is 2.17. The lowest BCUT2D eigenvalue weighted by Crippen LogP contribution is -2.23. The van der Waals surface area contributed by atoms with E-state index in [0.29, 0.717) is 12.5 Å². The van der Waals surface area contributed by atoms with Gasteiger partial charge in [0, 0.05) is 10.7 Å². The molecule has 0 amide bonds. The Morgan fingerprint density at radius 3 is 2.71 bits per heavy atom. The lowest BCUT2D eigenvalue weighted by Gasteiger charge is -2.11. The highest BCUT2D eigenvalue weighted by Crippen LogP contribution is 2.35. The molecule has 0 bridgehead atoms. The van der Waals surface area contributed by atoms with Crippen molar-refractivity contribution in [1.29, 1.82) is 0 Å². The number of hydrogen-bond acceptors (Lipinski definition) is 1. The largest absolute Gasteiger partial charge is 0.370 e. The minimum Gasteiger partial charge on any atom is -0.370 e. The van der Waals surface area contributed by atoms with Crippen molar-refractivity contribution < 1.29 is 0 Å². The van der Waals surface area contributed by atoms with Gasteiger partial charge in [-0.15, -0.1) is 0 Å². The van der Waals surface area contributed by atoms with Crippen LogP contribution >= 0.6 is 11.6 Å². The summed E-state index contributed by atoms with van der Waals surface area (Å²) in [5, 5.41) is 6.66. The van der Waals surface area contributed by atoms with Crippen molar-refractivity contribution in [1.82, 2.24) is 0 Å². The van der Waals surface area contributed by atoms with Gasteiger partial charge in [-0.05, 0) is 58.5 Å². The fourth-order valence-electron chi connectivity index (χ4n) is 3.32. The van der Waals surface area contributed by atoms with Gasteiger partial charge in [0.2, 0.25) is 0 Å². The molecule has 0 heterocycles. The summed E-state index contributed by atoms with van der Waals surface area (Å²) >= 11 is 5.89. The van der Waals surface area contributed by atoms with Crippen LogP contribution in [0.25, 0.3) is 10.8 Å². The van der Waals surface area contributed by atoms with Crippen molar-refractivity contribution in [3.05, 3.63) is 76.3 Å². The molecule has 3 aromatic carbocycles. The van der Waals surface area contributed by atoms with Gasteiger partial charge in [0.25, 0.3) is 0 Å². The van der Waals surface area contributed by atoms with E-state index >= 15 is 0 Å². The number of benzene rings is 3. The molecular formula is C20H18ClN3. The molecule has 0 unspecified atom stereocenters. The van der Waals surface area contributed by atoms with Gasteiger partial charge in [-0.25, -0.2) is 4.99 Å². The molecule has 0 fully saturated rings. The molecule has 0 radical (unpaired) electrons. The fraction of sp³-hybridized carbons (Fsp3) is 0.150. The van der Waals surface area contributed by atoms with Crippen molar-refractivity contribution in [3.63, 3.8) is 0 Å². The van der Waals surface area contributed by atoms with E-state index < -0.39 is 0 Å². The molecule has 0 aliphatic heterocycles. The number of rotatable bonds is 3. The van der Waals surface area contributed by atoms with Gasteiger partial charge in [-0.2, -0.15) is 0 Å². The predicted octanol–water partition coefficient (Wildman–Crippen LogP) is 4.52. The second-order valence-electron chi connectivity index (χ2n) is 6.06. The van der Waals surface area contributed by atoms with Gasteiger partial charge in [0.1, 0.15) is 0 Å². The summed E-state index contributed by atoms with van der Waals surface area (Å²) in [6.07, 6.45) is 2.14. The number of nitrogens with one attached hydrogen (secondary N) is 1. The lowest BCUT2D eigenvalue weighted by atomic mass is 10.0. The first-order chi connectivity index (χ1) is 11.7. The predicted molar refractivity (Wildman–Crippen MR) is 102 cm³/mol. The van der Waals surface area contributed by atoms with E-state index in [4.69, 9.17) is 17.3 Å². The van der Waals surface area contributed by atoms with E-state index in [2.05, 4.69) is 40.6 Å². The number of halogens is 1. The third-order valence-electron chi connectivity index (χ3n) is 4.49. The second kappa shape index (κ2) is 6.17. The first kappa shape index (κ1) is 15.0. The maximum Gasteiger partial charge on any atom is 0.193 e. The third kappa shape index (κ3) is 2.83. The van der Waals surface area contributed by atoms with Crippen molar-refractivity contribution in [2.45, 2.75) is 19.4 Å². The molecule has 0 saturated heterocycles. The Hall–Kier alpha value is -2.52. The topological polar surface area (TPSA) is 50.4 Å². The fourth-order valence-corrected chi connectivity index (χ4v) is 3.45. The first-order valence-electron chi connectivity index (χ1n) is 8.05. The van der Waals surface area contributed by atoms with Crippen LogP contribution in [0.4, 0.5) is 5.69 Å². The monoisotopic (exact) mass is 335 g/mol. The van der Waals surface area contributed by atoms with E-state index in [1.807, 2.05) is 24.3 Å². The molecule has 1 aliphatic carbocycles. The number of guanidine groups is 1. The van der Waals surface area contributed by atoms with E-state index in [-0.39, 0.29) is 0 Å². The molecule has 4 rings (SSSR count). The summed E-state index contributed by atoms with van der Waals surface area (Å²) in [4.78, 5) is 4.43.